The first-order chi connectivity index (χ1) is 11.2. The summed E-state index contributed by atoms with van der Waals surface area (Å²) >= 11 is 0. The molecule has 2 heterocycles. The second-order valence-corrected chi connectivity index (χ2v) is 5.85. The largest absolute Gasteiger partial charge is 0.376 e. The standard InChI is InChI=1S/C18H23N3O2/c1-3-16-17(18(22)19-12-15-10-7-11-23-15)13(2)20-21(16)14-8-5-4-6-9-14/h4-6,8-9,15H,3,7,10-12H2,1-2H3,(H,19,22)/t15-/m0/s1. The van der Waals surface area contributed by atoms with Crippen LogP contribution in [0.2, 0.25) is 0 Å². The van der Waals surface area contributed by atoms with Gasteiger partial charge in [0.25, 0.3) is 5.91 Å². The van der Waals surface area contributed by atoms with Crippen LogP contribution in [0.5, 0.6) is 0 Å². The highest BCUT2D eigenvalue weighted by Gasteiger charge is 2.23. The lowest BCUT2D eigenvalue weighted by Crippen LogP contribution is -2.32. The minimum Gasteiger partial charge on any atom is -0.376 e. The average Bonchev–Trinajstić information content (AvgIpc) is 3.20. The summed E-state index contributed by atoms with van der Waals surface area (Å²) in [6.07, 6.45) is 2.99. The van der Waals surface area contributed by atoms with Crippen molar-refractivity contribution in [3.8, 4) is 5.69 Å². The number of rotatable bonds is 5. The molecule has 0 unspecified atom stereocenters. The third-order valence-electron chi connectivity index (χ3n) is 4.23. The molecule has 23 heavy (non-hydrogen) atoms. The van der Waals surface area contributed by atoms with Crippen LogP contribution in [0.4, 0.5) is 0 Å². The number of ether oxygens (including phenoxy) is 1. The number of aryl methyl sites for hydroxylation is 1. The Bertz CT molecular complexity index is 673. The predicted octanol–water partition coefficient (Wildman–Crippen LogP) is 2.65. The lowest BCUT2D eigenvalue weighted by atomic mass is 10.1. The van der Waals surface area contributed by atoms with Crippen LogP contribution in [0.15, 0.2) is 30.3 Å². The van der Waals surface area contributed by atoms with Crippen molar-refractivity contribution >= 4 is 5.91 Å². The normalized spacial score (nSPS) is 17.4. The van der Waals surface area contributed by atoms with Gasteiger partial charge in [-0.25, -0.2) is 4.68 Å². The predicted molar refractivity (Wildman–Crippen MR) is 89.0 cm³/mol. The lowest BCUT2D eigenvalue weighted by molar-refractivity contribution is 0.0856. The van der Waals surface area contributed by atoms with Gasteiger partial charge in [-0.2, -0.15) is 5.10 Å². The molecule has 1 N–H and O–H groups in total. The number of hydrogen-bond acceptors (Lipinski definition) is 3. The van der Waals surface area contributed by atoms with Crippen LogP contribution in [0.1, 0.15) is 41.5 Å². The molecular weight excluding hydrogens is 290 g/mol. The van der Waals surface area contributed by atoms with Crippen LogP contribution in [0.25, 0.3) is 5.69 Å². The molecule has 1 aliphatic rings. The maximum absolute atomic E-state index is 12.6. The van der Waals surface area contributed by atoms with E-state index in [2.05, 4.69) is 10.4 Å². The quantitative estimate of drug-likeness (QED) is 0.923. The Balaban J connectivity index is 1.83. The molecular formula is C18H23N3O2. The van der Waals surface area contributed by atoms with Crippen molar-refractivity contribution < 1.29 is 9.53 Å². The van der Waals surface area contributed by atoms with Gasteiger partial charge in [-0.15, -0.1) is 0 Å². The molecule has 2 aromatic rings. The molecule has 1 aromatic carbocycles. The topological polar surface area (TPSA) is 56.1 Å². The first-order valence-electron chi connectivity index (χ1n) is 8.24. The van der Waals surface area contributed by atoms with E-state index in [1.807, 2.05) is 48.9 Å². The number of nitrogens with zero attached hydrogens (tertiary/aromatic N) is 2. The van der Waals surface area contributed by atoms with Gasteiger partial charge in [0.1, 0.15) is 0 Å². The average molecular weight is 313 g/mol. The van der Waals surface area contributed by atoms with Gasteiger partial charge in [-0.3, -0.25) is 4.79 Å². The highest BCUT2D eigenvalue weighted by atomic mass is 16.5. The van der Waals surface area contributed by atoms with Gasteiger partial charge in [0.15, 0.2) is 0 Å². The summed E-state index contributed by atoms with van der Waals surface area (Å²) in [5.41, 5.74) is 3.37. The van der Waals surface area contributed by atoms with Crippen LogP contribution in [0, 0.1) is 6.92 Å². The van der Waals surface area contributed by atoms with E-state index in [1.54, 1.807) is 0 Å². The van der Waals surface area contributed by atoms with Crippen LogP contribution in [-0.2, 0) is 11.2 Å². The number of amides is 1. The second-order valence-electron chi connectivity index (χ2n) is 5.85. The zero-order chi connectivity index (χ0) is 16.2. The number of carbonyl (C=O) groups excluding carboxylic acids is 1. The summed E-state index contributed by atoms with van der Waals surface area (Å²) in [5, 5.41) is 7.58. The van der Waals surface area contributed by atoms with Crippen LogP contribution in [-0.4, -0.2) is 34.9 Å². The fourth-order valence-electron chi connectivity index (χ4n) is 3.08. The SMILES string of the molecule is CCc1c(C(=O)NC[C@@H]2CCCO2)c(C)nn1-c1ccccc1. The van der Waals surface area contributed by atoms with E-state index in [0.717, 1.165) is 42.9 Å². The van der Waals surface area contributed by atoms with Crippen LogP contribution >= 0.6 is 0 Å². The Morgan fingerprint density at radius 2 is 2.17 bits per heavy atom. The van der Waals surface area contributed by atoms with E-state index in [9.17, 15) is 4.79 Å². The van der Waals surface area contributed by atoms with Gasteiger partial charge in [-0.05, 0) is 38.3 Å². The van der Waals surface area contributed by atoms with Crippen molar-refractivity contribution in [2.45, 2.75) is 39.2 Å². The number of hydrogen-bond donors (Lipinski definition) is 1. The zero-order valence-corrected chi connectivity index (χ0v) is 13.7. The monoisotopic (exact) mass is 313 g/mol. The van der Waals surface area contributed by atoms with Crippen molar-refractivity contribution in [1.29, 1.82) is 0 Å². The van der Waals surface area contributed by atoms with Gasteiger partial charge in [0.2, 0.25) is 0 Å². The molecule has 5 nitrogen and oxygen atoms in total. The van der Waals surface area contributed by atoms with Crippen molar-refractivity contribution in [2.24, 2.45) is 0 Å². The van der Waals surface area contributed by atoms with E-state index < -0.39 is 0 Å². The van der Waals surface area contributed by atoms with E-state index in [4.69, 9.17) is 4.74 Å². The minimum atomic E-state index is -0.0583. The first kappa shape index (κ1) is 15.7. The molecule has 1 fully saturated rings. The molecule has 1 atom stereocenters. The molecule has 0 bridgehead atoms. The molecule has 5 heteroatoms. The fourth-order valence-corrected chi connectivity index (χ4v) is 3.08. The van der Waals surface area contributed by atoms with Crippen molar-refractivity contribution in [1.82, 2.24) is 15.1 Å². The maximum atomic E-state index is 12.6. The Morgan fingerprint density at radius 3 is 2.83 bits per heavy atom. The Labute approximate surface area is 136 Å². The smallest absolute Gasteiger partial charge is 0.255 e. The van der Waals surface area contributed by atoms with Gasteiger partial charge >= 0.3 is 0 Å². The minimum absolute atomic E-state index is 0.0583. The summed E-state index contributed by atoms with van der Waals surface area (Å²) in [6.45, 7) is 5.30. The molecule has 0 aliphatic carbocycles. The lowest BCUT2D eigenvalue weighted by Gasteiger charge is -2.12. The second kappa shape index (κ2) is 6.96. The molecule has 3 rings (SSSR count). The first-order valence-corrected chi connectivity index (χ1v) is 8.24. The van der Waals surface area contributed by atoms with Gasteiger partial charge in [0.05, 0.1) is 28.7 Å². The Morgan fingerprint density at radius 1 is 1.39 bits per heavy atom. The van der Waals surface area contributed by atoms with Crippen molar-refractivity contribution in [3.63, 3.8) is 0 Å². The highest BCUT2D eigenvalue weighted by Crippen LogP contribution is 2.19. The number of aromatic nitrogens is 2. The third kappa shape index (κ3) is 3.29. The molecule has 0 spiro atoms. The maximum Gasteiger partial charge on any atom is 0.255 e. The molecule has 1 saturated heterocycles. The Kier molecular flexibility index (Phi) is 4.76. The number of carbonyl (C=O) groups is 1. The number of para-hydroxylation sites is 1. The summed E-state index contributed by atoms with van der Waals surface area (Å²) in [4.78, 5) is 12.6. The fraction of sp³-hybridized carbons (Fsp3) is 0.444. The summed E-state index contributed by atoms with van der Waals surface area (Å²) < 4.78 is 7.44. The molecule has 1 aromatic heterocycles. The zero-order valence-electron chi connectivity index (χ0n) is 13.7. The van der Waals surface area contributed by atoms with Gasteiger partial charge in [0, 0.05) is 13.2 Å². The van der Waals surface area contributed by atoms with Gasteiger partial charge in [-0.1, -0.05) is 25.1 Å². The van der Waals surface area contributed by atoms with Crippen molar-refractivity contribution in [2.75, 3.05) is 13.2 Å². The number of nitrogens with one attached hydrogen (secondary N) is 1. The number of benzene rings is 1. The molecule has 122 valence electrons. The van der Waals surface area contributed by atoms with E-state index in [0.29, 0.717) is 12.1 Å². The third-order valence-corrected chi connectivity index (χ3v) is 4.23. The molecule has 0 saturated carbocycles. The molecule has 1 amide bonds. The summed E-state index contributed by atoms with van der Waals surface area (Å²) in [7, 11) is 0. The molecule has 0 radical (unpaired) electrons. The Hall–Kier alpha value is -2.14. The molecule has 1 aliphatic heterocycles. The van der Waals surface area contributed by atoms with E-state index in [-0.39, 0.29) is 12.0 Å². The van der Waals surface area contributed by atoms with Crippen LogP contribution < -0.4 is 5.32 Å². The van der Waals surface area contributed by atoms with E-state index in [1.165, 1.54) is 0 Å². The summed E-state index contributed by atoms with van der Waals surface area (Å²) in [5.74, 6) is -0.0583. The van der Waals surface area contributed by atoms with Crippen molar-refractivity contribution in [3.05, 3.63) is 47.3 Å². The highest BCUT2D eigenvalue weighted by molar-refractivity contribution is 5.96. The van der Waals surface area contributed by atoms with E-state index >= 15 is 0 Å². The van der Waals surface area contributed by atoms with Gasteiger partial charge < -0.3 is 10.1 Å². The summed E-state index contributed by atoms with van der Waals surface area (Å²) in [6, 6.07) is 9.92. The van der Waals surface area contributed by atoms with Crippen LogP contribution in [0.3, 0.4) is 0 Å².